The van der Waals surface area contributed by atoms with Gasteiger partial charge in [-0.05, 0) is 60.9 Å². The fourth-order valence-corrected chi connectivity index (χ4v) is 2.55. The highest BCUT2D eigenvalue weighted by atomic mass is 16.5. The molecular weight excluding hydrogens is 272 g/mol. The van der Waals surface area contributed by atoms with E-state index in [0.717, 1.165) is 17.7 Å². The summed E-state index contributed by atoms with van der Waals surface area (Å²) in [5, 5.41) is 21.1. The summed E-state index contributed by atoms with van der Waals surface area (Å²) in [6.45, 7) is 2.51. The highest BCUT2D eigenvalue weighted by Gasteiger charge is 2.49. The van der Waals surface area contributed by atoms with E-state index in [1.54, 1.807) is 0 Å². The summed E-state index contributed by atoms with van der Waals surface area (Å²) in [6.07, 6.45) is 1.98. The minimum atomic E-state index is -1.00. The van der Waals surface area contributed by atoms with Crippen molar-refractivity contribution >= 4 is 5.97 Å². The molecule has 0 saturated heterocycles. The summed E-state index contributed by atoms with van der Waals surface area (Å²) in [6, 6.07) is 7.32. The number of benzene rings is 1. The molecule has 1 N–H and O–H groups in total. The van der Waals surface area contributed by atoms with E-state index in [1.807, 2.05) is 31.2 Å². The largest absolute Gasteiger partial charge is 0.494 e. The Kier molecular flexibility index (Phi) is 3.32. The van der Waals surface area contributed by atoms with Crippen LogP contribution in [0.2, 0.25) is 0 Å². The number of ether oxygens (including phenoxy) is 1. The summed E-state index contributed by atoms with van der Waals surface area (Å²) in [5.74, 6) is 0.352. The summed E-state index contributed by atoms with van der Waals surface area (Å²) >= 11 is 0. The number of hydrogen-bond donors (Lipinski definition) is 1. The third-order valence-electron chi connectivity index (χ3n) is 3.88. The van der Waals surface area contributed by atoms with Crippen LogP contribution in [0.25, 0.3) is 11.4 Å². The summed E-state index contributed by atoms with van der Waals surface area (Å²) < 4.78 is 6.83. The van der Waals surface area contributed by atoms with Crippen molar-refractivity contribution in [2.45, 2.75) is 31.7 Å². The first kappa shape index (κ1) is 13.5. The molecule has 0 radical (unpaired) electrons. The topological polar surface area (TPSA) is 90.1 Å². The van der Waals surface area contributed by atoms with E-state index in [9.17, 15) is 9.90 Å². The molecule has 0 bridgehead atoms. The molecule has 7 nitrogen and oxygen atoms in total. The maximum Gasteiger partial charge on any atom is 0.331 e. The second kappa shape index (κ2) is 5.16. The van der Waals surface area contributed by atoms with Crippen molar-refractivity contribution in [1.82, 2.24) is 20.2 Å². The van der Waals surface area contributed by atoms with Crippen molar-refractivity contribution in [3.05, 3.63) is 24.3 Å². The molecule has 21 heavy (non-hydrogen) atoms. The van der Waals surface area contributed by atoms with Crippen LogP contribution >= 0.6 is 0 Å². The Balaban J connectivity index is 1.97. The third kappa shape index (κ3) is 2.14. The molecule has 1 aromatic heterocycles. The number of carbonyl (C=O) groups is 1. The standard InChI is InChI=1S/C14H16N4O3/c1-2-21-11-6-4-10(5-7-11)12-15-16-17-18(12)14(13(19)20)8-3-9-14/h4-7H,2-3,8-9H2,1H3,(H,19,20). The van der Waals surface area contributed by atoms with Gasteiger partial charge in [-0.2, -0.15) is 0 Å². The zero-order valence-corrected chi connectivity index (χ0v) is 11.7. The minimum Gasteiger partial charge on any atom is -0.494 e. The highest BCUT2D eigenvalue weighted by molar-refractivity contribution is 5.78. The van der Waals surface area contributed by atoms with E-state index in [-0.39, 0.29) is 0 Å². The van der Waals surface area contributed by atoms with Gasteiger partial charge in [0.15, 0.2) is 11.4 Å². The van der Waals surface area contributed by atoms with Crippen LogP contribution in [0.3, 0.4) is 0 Å². The molecule has 7 heteroatoms. The molecule has 3 rings (SSSR count). The number of aromatic nitrogens is 4. The molecule has 0 amide bonds. The number of nitrogens with zero attached hydrogens (tertiary/aromatic N) is 4. The summed E-state index contributed by atoms with van der Waals surface area (Å²) in [4.78, 5) is 11.6. The zero-order chi connectivity index (χ0) is 14.9. The van der Waals surface area contributed by atoms with Crippen LogP contribution in [0.1, 0.15) is 26.2 Å². The van der Waals surface area contributed by atoms with E-state index in [4.69, 9.17) is 4.74 Å². The van der Waals surface area contributed by atoms with E-state index < -0.39 is 11.5 Å². The molecule has 1 aromatic carbocycles. The van der Waals surface area contributed by atoms with E-state index >= 15 is 0 Å². The average molecular weight is 288 g/mol. The monoisotopic (exact) mass is 288 g/mol. The summed E-state index contributed by atoms with van der Waals surface area (Å²) in [5.41, 5.74) is -0.229. The number of aliphatic carboxylic acids is 1. The third-order valence-corrected chi connectivity index (χ3v) is 3.88. The van der Waals surface area contributed by atoms with Gasteiger partial charge in [-0.3, -0.25) is 0 Å². The molecule has 0 spiro atoms. The van der Waals surface area contributed by atoms with Crippen LogP contribution in [0.15, 0.2) is 24.3 Å². The normalized spacial score (nSPS) is 16.2. The van der Waals surface area contributed by atoms with Gasteiger partial charge in [0.2, 0.25) is 0 Å². The lowest BCUT2D eigenvalue weighted by molar-refractivity contribution is -0.153. The molecule has 110 valence electrons. The number of hydrogen-bond acceptors (Lipinski definition) is 5. The van der Waals surface area contributed by atoms with Gasteiger partial charge in [-0.15, -0.1) is 5.10 Å². The number of carboxylic acids is 1. The first-order chi connectivity index (χ1) is 10.2. The second-order valence-electron chi connectivity index (χ2n) is 5.06. The van der Waals surface area contributed by atoms with Crippen LogP contribution in [-0.2, 0) is 10.3 Å². The van der Waals surface area contributed by atoms with Crippen molar-refractivity contribution < 1.29 is 14.6 Å². The van der Waals surface area contributed by atoms with Crippen molar-refractivity contribution in [2.24, 2.45) is 0 Å². The number of tetrazole rings is 1. The quantitative estimate of drug-likeness (QED) is 0.900. The van der Waals surface area contributed by atoms with Gasteiger partial charge in [0.1, 0.15) is 5.75 Å². The molecule has 2 aromatic rings. The maximum atomic E-state index is 11.6. The SMILES string of the molecule is CCOc1ccc(-c2nnnn2C2(C(=O)O)CCC2)cc1. The van der Waals surface area contributed by atoms with Crippen molar-refractivity contribution in [3.63, 3.8) is 0 Å². The van der Waals surface area contributed by atoms with E-state index in [0.29, 0.717) is 25.3 Å². The predicted octanol–water partition coefficient (Wildman–Crippen LogP) is 1.70. The minimum absolute atomic E-state index is 0.472. The van der Waals surface area contributed by atoms with Gasteiger partial charge in [-0.1, -0.05) is 0 Å². The number of rotatable bonds is 5. The van der Waals surface area contributed by atoms with Crippen molar-refractivity contribution in [3.8, 4) is 17.1 Å². The number of carboxylic acid groups (broad SMARTS) is 1. The van der Waals surface area contributed by atoms with E-state index in [2.05, 4.69) is 15.5 Å². The highest BCUT2D eigenvalue weighted by Crippen LogP contribution is 2.40. The molecule has 0 atom stereocenters. The van der Waals surface area contributed by atoms with Gasteiger partial charge in [0.05, 0.1) is 6.61 Å². The Hall–Kier alpha value is -2.44. The molecule has 0 unspecified atom stereocenters. The second-order valence-corrected chi connectivity index (χ2v) is 5.06. The maximum absolute atomic E-state index is 11.6. The van der Waals surface area contributed by atoms with Gasteiger partial charge < -0.3 is 9.84 Å². The Morgan fingerprint density at radius 2 is 2.10 bits per heavy atom. The molecule has 0 aliphatic heterocycles. The first-order valence-electron chi connectivity index (χ1n) is 6.93. The van der Waals surface area contributed by atoms with Gasteiger partial charge in [0, 0.05) is 5.56 Å². The van der Waals surface area contributed by atoms with Crippen LogP contribution in [0, 0.1) is 0 Å². The molecule has 1 aliphatic rings. The molecule has 1 heterocycles. The van der Waals surface area contributed by atoms with Gasteiger partial charge in [-0.25, -0.2) is 9.48 Å². The zero-order valence-electron chi connectivity index (χ0n) is 11.7. The molecular formula is C14H16N4O3. The Morgan fingerprint density at radius 3 is 2.62 bits per heavy atom. The lowest BCUT2D eigenvalue weighted by atomic mass is 9.76. The lowest BCUT2D eigenvalue weighted by Gasteiger charge is -2.37. The Labute approximate surface area is 121 Å². The molecule has 1 aliphatic carbocycles. The molecule has 1 saturated carbocycles. The van der Waals surface area contributed by atoms with Crippen molar-refractivity contribution in [1.29, 1.82) is 0 Å². The average Bonchev–Trinajstić information content (AvgIpc) is 2.88. The van der Waals surface area contributed by atoms with Crippen LogP contribution < -0.4 is 4.74 Å². The predicted molar refractivity (Wildman–Crippen MR) is 73.9 cm³/mol. The van der Waals surface area contributed by atoms with Crippen LogP contribution in [0.5, 0.6) is 5.75 Å². The smallest absolute Gasteiger partial charge is 0.331 e. The lowest BCUT2D eigenvalue weighted by Crippen LogP contribution is -2.48. The van der Waals surface area contributed by atoms with Gasteiger partial charge in [0.25, 0.3) is 0 Å². The fourth-order valence-electron chi connectivity index (χ4n) is 2.55. The van der Waals surface area contributed by atoms with Gasteiger partial charge >= 0.3 is 5.97 Å². The fraction of sp³-hybridized carbons (Fsp3) is 0.429. The Bertz CT molecular complexity index is 646. The summed E-state index contributed by atoms with van der Waals surface area (Å²) in [7, 11) is 0. The van der Waals surface area contributed by atoms with Crippen LogP contribution in [-0.4, -0.2) is 37.9 Å². The Morgan fingerprint density at radius 1 is 1.38 bits per heavy atom. The molecule has 1 fully saturated rings. The first-order valence-corrected chi connectivity index (χ1v) is 6.93. The van der Waals surface area contributed by atoms with E-state index in [1.165, 1.54) is 4.68 Å². The van der Waals surface area contributed by atoms with Crippen molar-refractivity contribution in [2.75, 3.05) is 6.61 Å². The van der Waals surface area contributed by atoms with Crippen LogP contribution in [0.4, 0.5) is 0 Å².